The molecule has 0 saturated heterocycles. The van der Waals surface area contributed by atoms with Gasteiger partial charge in [-0.25, -0.2) is 9.78 Å². The zero-order valence-electron chi connectivity index (χ0n) is 15.5. The van der Waals surface area contributed by atoms with Crippen LogP contribution in [-0.4, -0.2) is 25.3 Å². The van der Waals surface area contributed by atoms with Crippen molar-refractivity contribution < 1.29 is 9.53 Å². The minimum absolute atomic E-state index is 0.176. The molecule has 0 aliphatic heterocycles. The van der Waals surface area contributed by atoms with Gasteiger partial charge in [-0.1, -0.05) is 30.3 Å². The summed E-state index contributed by atoms with van der Waals surface area (Å²) in [6.07, 6.45) is 5.07. The molecule has 142 valence electrons. The lowest BCUT2D eigenvalue weighted by Crippen LogP contribution is -2.21. The van der Waals surface area contributed by atoms with Gasteiger partial charge in [0, 0.05) is 18.8 Å². The molecular weight excluding hydrogens is 376 g/mol. The van der Waals surface area contributed by atoms with Crippen molar-refractivity contribution in [3.8, 4) is 0 Å². The molecule has 0 aliphatic rings. The van der Waals surface area contributed by atoms with Gasteiger partial charge in [-0.3, -0.25) is 14.0 Å². The fourth-order valence-corrected chi connectivity index (χ4v) is 4.04. The summed E-state index contributed by atoms with van der Waals surface area (Å²) in [5.41, 5.74) is 2.24. The van der Waals surface area contributed by atoms with Crippen LogP contribution in [0.1, 0.15) is 26.4 Å². The summed E-state index contributed by atoms with van der Waals surface area (Å²) in [7, 11) is 1.82. The van der Waals surface area contributed by atoms with Crippen LogP contribution in [0.2, 0.25) is 0 Å². The molecule has 0 bridgehead atoms. The van der Waals surface area contributed by atoms with E-state index in [1.165, 1.54) is 22.2 Å². The highest BCUT2D eigenvalue weighted by atomic mass is 32.1. The van der Waals surface area contributed by atoms with E-state index in [4.69, 9.17) is 4.74 Å². The molecule has 8 heteroatoms. The first-order valence-electron chi connectivity index (χ1n) is 8.70. The maximum absolute atomic E-state index is 12.9. The molecule has 0 N–H and O–H groups in total. The molecule has 0 radical (unpaired) electrons. The van der Waals surface area contributed by atoms with E-state index in [0.29, 0.717) is 27.2 Å². The van der Waals surface area contributed by atoms with Crippen LogP contribution < -0.4 is 5.56 Å². The number of benzene rings is 1. The number of hydrogen-bond donors (Lipinski definition) is 0. The molecule has 0 saturated carbocycles. The van der Waals surface area contributed by atoms with Crippen LogP contribution in [0.3, 0.4) is 0 Å². The summed E-state index contributed by atoms with van der Waals surface area (Å²) >= 11 is 1.18. The van der Waals surface area contributed by atoms with Crippen LogP contribution >= 0.6 is 11.3 Å². The third kappa shape index (κ3) is 3.46. The zero-order valence-corrected chi connectivity index (χ0v) is 16.3. The second kappa shape index (κ2) is 7.40. The molecule has 28 heavy (non-hydrogen) atoms. The number of thiophene rings is 1. The molecule has 4 aromatic rings. The maximum Gasteiger partial charge on any atom is 0.349 e. The third-order valence-electron chi connectivity index (χ3n) is 4.43. The molecule has 0 amide bonds. The first-order valence-corrected chi connectivity index (χ1v) is 9.51. The Hall–Kier alpha value is -3.26. The summed E-state index contributed by atoms with van der Waals surface area (Å²) in [4.78, 5) is 30.8. The minimum Gasteiger partial charge on any atom is -0.457 e. The Labute approximate surface area is 164 Å². The molecule has 3 aromatic heterocycles. The van der Waals surface area contributed by atoms with E-state index in [1.54, 1.807) is 17.8 Å². The van der Waals surface area contributed by atoms with Gasteiger partial charge in [0.25, 0.3) is 5.56 Å². The molecule has 3 heterocycles. The van der Waals surface area contributed by atoms with Crippen molar-refractivity contribution in [3.05, 3.63) is 81.0 Å². The van der Waals surface area contributed by atoms with E-state index in [1.807, 2.05) is 43.6 Å². The Morgan fingerprint density at radius 2 is 2.00 bits per heavy atom. The maximum atomic E-state index is 12.9. The number of nitrogens with zero attached hydrogens (tertiary/aromatic N) is 4. The van der Waals surface area contributed by atoms with Crippen LogP contribution in [0.5, 0.6) is 0 Å². The number of aryl methyl sites for hydroxylation is 2. The van der Waals surface area contributed by atoms with Crippen molar-refractivity contribution in [3.63, 3.8) is 0 Å². The summed E-state index contributed by atoms with van der Waals surface area (Å²) in [6.45, 7) is 2.32. The first kappa shape index (κ1) is 18.1. The van der Waals surface area contributed by atoms with Crippen molar-refractivity contribution in [1.29, 1.82) is 0 Å². The highest BCUT2D eigenvalue weighted by molar-refractivity contribution is 7.20. The number of fused-ring (bicyclic) bond motifs is 1. The standard InChI is InChI=1S/C20H18N4O3S/c1-13-16-18(21-12-24(19(16)25)10-15-8-22-23(2)9-15)28-17(13)20(26)27-11-14-6-4-3-5-7-14/h3-9,12H,10-11H2,1-2H3. The van der Waals surface area contributed by atoms with Gasteiger partial charge in [-0.2, -0.15) is 5.10 Å². The largest absolute Gasteiger partial charge is 0.457 e. The summed E-state index contributed by atoms with van der Waals surface area (Å²) in [5, 5.41) is 4.58. The number of esters is 1. The number of carbonyl (C=O) groups is 1. The van der Waals surface area contributed by atoms with Crippen LogP contribution in [0.15, 0.2) is 53.8 Å². The van der Waals surface area contributed by atoms with Gasteiger partial charge >= 0.3 is 5.97 Å². The normalized spacial score (nSPS) is 11.1. The molecule has 0 atom stereocenters. The van der Waals surface area contributed by atoms with Gasteiger partial charge in [0.2, 0.25) is 0 Å². The molecule has 1 aromatic carbocycles. The molecule has 4 rings (SSSR count). The Morgan fingerprint density at radius 1 is 1.21 bits per heavy atom. The Balaban J connectivity index is 1.62. The highest BCUT2D eigenvalue weighted by Crippen LogP contribution is 2.27. The van der Waals surface area contributed by atoms with E-state index in [9.17, 15) is 9.59 Å². The second-order valence-corrected chi connectivity index (χ2v) is 7.50. The van der Waals surface area contributed by atoms with E-state index < -0.39 is 5.97 Å². The van der Waals surface area contributed by atoms with Crippen molar-refractivity contribution in [2.24, 2.45) is 7.05 Å². The SMILES string of the molecule is Cc1c(C(=O)OCc2ccccc2)sc2ncn(Cc3cnn(C)c3)c(=O)c12. The Kier molecular flexibility index (Phi) is 4.79. The van der Waals surface area contributed by atoms with Gasteiger partial charge in [0.1, 0.15) is 16.3 Å². The number of carbonyl (C=O) groups excluding carboxylic acids is 1. The molecule has 0 spiro atoms. The minimum atomic E-state index is -0.442. The van der Waals surface area contributed by atoms with Crippen LogP contribution in [-0.2, 0) is 24.9 Å². The zero-order chi connectivity index (χ0) is 19.7. The Morgan fingerprint density at radius 3 is 2.71 bits per heavy atom. The predicted octanol–water partition coefficient (Wildman–Crippen LogP) is 2.91. The van der Waals surface area contributed by atoms with Gasteiger partial charge in [-0.05, 0) is 18.1 Å². The van der Waals surface area contributed by atoms with Crippen LogP contribution in [0.25, 0.3) is 10.2 Å². The van der Waals surface area contributed by atoms with Crippen molar-refractivity contribution in [1.82, 2.24) is 19.3 Å². The summed E-state index contributed by atoms with van der Waals surface area (Å²) < 4.78 is 8.63. The van der Waals surface area contributed by atoms with Gasteiger partial charge in [0.15, 0.2) is 0 Å². The first-order chi connectivity index (χ1) is 13.5. The van der Waals surface area contributed by atoms with Gasteiger partial charge in [-0.15, -0.1) is 11.3 Å². The topological polar surface area (TPSA) is 79.0 Å². The molecular formula is C20H18N4O3S. The number of hydrogen-bond acceptors (Lipinski definition) is 6. The average molecular weight is 394 g/mol. The highest BCUT2D eigenvalue weighted by Gasteiger charge is 2.20. The predicted molar refractivity (Wildman–Crippen MR) is 106 cm³/mol. The monoisotopic (exact) mass is 394 g/mol. The smallest absolute Gasteiger partial charge is 0.349 e. The lowest BCUT2D eigenvalue weighted by atomic mass is 10.2. The lowest BCUT2D eigenvalue weighted by molar-refractivity contribution is 0.0478. The van der Waals surface area contributed by atoms with Crippen molar-refractivity contribution >= 4 is 27.5 Å². The number of ether oxygens (including phenoxy) is 1. The van der Waals surface area contributed by atoms with Crippen molar-refractivity contribution in [2.75, 3.05) is 0 Å². The number of rotatable bonds is 5. The van der Waals surface area contributed by atoms with E-state index in [0.717, 1.165) is 11.1 Å². The third-order valence-corrected chi connectivity index (χ3v) is 5.61. The second-order valence-electron chi connectivity index (χ2n) is 6.50. The number of aromatic nitrogens is 4. The fraction of sp³-hybridized carbons (Fsp3) is 0.200. The molecule has 0 aliphatic carbocycles. The van der Waals surface area contributed by atoms with Crippen LogP contribution in [0.4, 0.5) is 0 Å². The van der Waals surface area contributed by atoms with Gasteiger partial charge in [0.05, 0.1) is 24.5 Å². The van der Waals surface area contributed by atoms with Gasteiger partial charge < -0.3 is 4.74 Å². The Bertz CT molecular complexity index is 1210. The van der Waals surface area contributed by atoms with E-state index in [-0.39, 0.29) is 12.2 Å². The molecule has 0 unspecified atom stereocenters. The van der Waals surface area contributed by atoms with E-state index >= 15 is 0 Å². The average Bonchev–Trinajstić information content (AvgIpc) is 3.26. The lowest BCUT2D eigenvalue weighted by Gasteiger charge is -2.04. The fourth-order valence-electron chi connectivity index (χ4n) is 3.01. The molecule has 7 nitrogen and oxygen atoms in total. The summed E-state index contributed by atoms with van der Waals surface area (Å²) in [6, 6.07) is 9.47. The van der Waals surface area contributed by atoms with E-state index in [2.05, 4.69) is 10.1 Å². The van der Waals surface area contributed by atoms with Crippen LogP contribution in [0, 0.1) is 6.92 Å². The van der Waals surface area contributed by atoms with Crippen molar-refractivity contribution in [2.45, 2.75) is 20.1 Å². The molecule has 0 fully saturated rings. The quantitative estimate of drug-likeness (QED) is 0.486. The summed E-state index contributed by atoms with van der Waals surface area (Å²) in [5.74, 6) is -0.442.